The van der Waals surface area contributed by atoms with Crippen LogP contribution >= 0.6 is 0 Å². The van der Waals surface area contributed by atoms with Crippen molar-refractivity contribution in [3.05, 3.63) is 70.8 Å². The molecular weight excluding hydrogens is 250 g/mol. The summed E-state index contributed by atoms with van der Waals surface area (Å²) >= 11 is 0. The van der Waals surface area contributed by atoms with Crippen LogP contribution in [0.2, 0.25) is 0 Å². The van der Waals surface area contributed by atoms with E-state index in [1.807, 2.05) is 0 Å². The molecule has 4 heteroatoms. The topological polar surface area (TPSA) is 37.3 Å². The lowest BCUT2D eigenvalue weighted by atomic mass is 9.97. The van der Waals surface area contributed by atoms with Gasteiger partial charge < -0.3 is 5.11 Å². The van der Waals surface area contributed by atoms with Gasteiger partial charge in [-0.1, -0.05) is 30.3 Å². The lowest BCUT2D eigenvalue weighted by Gasteiger charge is -2.09. The van der Waals surface area contributed by atoms with E-state index in [4.69, 9.17) is 5.11 Å². The monoisotopic (exact) mass is 262 g/mol. The summed E-state index contributed by atoms with van der Waals surface area (Å²) in [6, 6.07) is 10.5. The van der Waals surface area contributed by atoms with Gasteiger partial charge in [0.2, 0.25) is 0 Å². The second-order valence-corrected chi connectivity index (χ2v) is 4.22. The highest BCUT2D eigenvalue weighted by atomic mass is 19.1. The predicted octanol–water partition coefficient (Wildman–Crippen LogP) is 3.18. The molecule has 2 aromatic carbocycles. The lowest BCUT2D eigenvalue weighted by Crippen LogP contribution is -2.05. The van der Waals surface area contributed by atoms with Gasteiger partial charge in [-0.2, -0.15) is 0 Å². The van der Waals surface area contributed by atoms with Crippen molar-refractivity contribution >= 4 is 5.97 Å². The molecule has 0 aliphatic heterocycles. The van der Waals surface area contributed by atoms with Crippen molar-refractivity contribution in [2.75, 3.05) is 0 Å². The first kappa shape index (κ1) is 13.2. The van der Waals surface area contributed by atoms with Crippen molar-refractivity contribution in [3.8, 4) is 0 Å². The summed E-state index contributed by atoms with van der Waals surface area (Å²) < 4.78 is 27.1. The Morgan fingerprint density at radius 2 is 1.53 bits per heavy atom. The predicted molar refractivity (Wildman–Crippen MR) is 66.9 cm³/mol. The highest BCUT2D eigenvalue weighted by molar-refractivity contribution is 5.70. The van der Waals surface area contributed by atoms with Crippen LogP contribution in [-0.2, 0) is 17.6 Å². The third-order valence-electron chi connectivity index (χ3n) is 2.89. The molecule has 0 saturated carbocycles. The van der Waals surface area contributed by atoms with E-state index in [1.54, 1.807) is 24.3 Å². The van der Waals surface area contributed by atoms with Crippen LogP contribution in [0, 0.1) is 11.6 Å². The van der Waals surface area contributed by atoms with Crippen LogP contribution < -0.4 is 0 Å². The summed E-state index contributed by atoms with van der Waals surface area (Å²) in [4.78, 5) is 10.8. The first-order valence-corrected chi connectivity index (χ1v) is 5.79. The van der Waals surface area contributed by atoms with Gasteiger partial charge in [-0.15, -0.1) is 0 Å². The maximum atomic E-state index is 13.6. The van der Waals surface area contributed by atoms with Gasteiger partial charge in [0, 0.05) is 12.0 Å². The largest absolute Gasteiger partial charge is 0.481 e. The number of rotatable bonds is 4. The van der Waals surface area contributed by atoms with E-state index in [2.05, 4.69) is 0 Å². The van der Waals surface area contributed by atoms with Gasteiger partial charge in [0.05, 0.1) is 6.42 Å². The minimum Gasteiger partial charge on any atom is -0.481 e. The molecule has 19 heavy (non-hydrogen) atoms. The first-order valence-electron chi connectivity index (χ1n) is 5.79. The maximum Gasteiger partial charge on any atom is 0.307 e. The lowest BCUT2D eigenvalue weighted by molar-refractivity contribution is -0.136. The first-order chi connectivity index (χ1) is 9.08. The molecule has 0 aromatic heterocycles. The van der Waals surface area contributed by atoms with Gasteiger partial charge in [0.15, 0.2) is 0 Å². The molecule has 0 aliphatic rings. The molecule has 2 rings (SSSR count). The Morgan fingerprint density at radius 3 is 2.11 bits per heavy atom. The van der Waals surface area contributed by atoms with E-state index in [0.717, 1.165) is 0 Å². The van der Waals surface area contributed by atoms with Crippen LogP contribution in [-0.4, -0.2) is 11.1 Å². The summed E-state index contributed by atoms with van der Waals surface area (Å²) in [5, 5.41) is 8.82. The Morgan fingerprint density at radius 1 is 0.947 bits per heavy atom. The van der Waals surface area contributed by atoms with E-state index >= 15 is 0 Å². The van der Waals surface area contributed by atoms with Crippen molar-refractivity contribution in [2.45, 2.75) is 12.8 Å². The van der Waals surface area contributed by atoms with E-state index in [0.29, 0.717) is 11.1 Å². The normalized spacial score (nSPS) is 10.4. The number of hydrogen-bond acceptors (Lipinski definition) is 1. The molecule has 0 amide bonds. The smallest absolute Gasteiger partial charge is 0.307 e. The van der Waals surface area contributed by atoms with E-state index in [9.17, 15) is 13.6 Å². The highest BCUT2D eigenvalue weighted by Crippen LogP contribution is 2.19. The molecule has 1 N–H and O–H groups in total. The van der Waals surface area contributed by atoms with Crippen molar-refractivity contribution in [1.82, 2.24) is 0 Å². The summed E-state index contributed by atoms with van der Waals surface area (Å²) in [7, 11) is 0. The maximum absolute atomic E-state index is 13.6. The average Bonchev–Trinajstić information content (AvgIpc) is 2.35. The van der Waals surface area contributed by atoms with Gasteiger partial charge >= 0.3 is 5.97 Å². The molecule has 0 fully saturated rings. The zero-order valence-corrected chi connectivity index (χ0v) is 10.1. The third-order valence-corrected chi connectivity index (χ3v) is 2.89. The number of carboxylic acids is 1. The Hall–Kier alpha value is -2.23. The minimum atomic E-state index is -0.971. The zero-order chi connectivity index (χ0) is 13.8. The van der Waals surface area contributed by atoms with Gasteiger partial charge in [0.25, 0.3) is 0 Å². The van der Waals surface area contributed by atoms with Crippen LogP contribution in [0.1, 0.15) is 16.7 Å². The number of halogens is 2. The quantitative estimate of drug-likeness (QED) is 0.918. The minimum absolute atomic E-state index is 0.0414. The molecule has 0 heterocycles. The molecule has 0 bridgehead atoms. The number of benzene rings is 2. The summed E-state index contributed by atoms with van der Waals surface area (Å²) in [5.74, 6) is -2.21. The van der Waals surface area contributed by atoms with E-state index in [1.165, 1.54) is 18.2 Å². The van der Waals surface area contributed by atoms with Crippen molar-refractivity contribution in [1.29, 1.82) is 0 Å². The Labute approximate surface area is 109 Å². The Bertz CT molecular complexity index is 589. The fourth-order valence-corrected chi connectivity index (χ4v) is 1.96. The van der Waals surface area contributed by atoms with Crippen molar-refractivity contribution < 1.29 is 18.7 Å². The summed E-state index contributed by atoms with van der Waals surface area (Å²) in [6.07, 6.45) is -0.117. The fraction of sp³-hybridized carbons (Fsp3) is 0.133. The van der Waals surface area contributed by atoms with Crippen LogP contribution in [0.25, 0.3) is 0 Å². The third kappa shape index (κ3) is 3.16. The van der Waals surface area contributed by atoms with Gasteiger partial charge in [-0.25, -0.2) is 8.78 Å². The van der Waals surface area contributed by atoms with Gasteiger partial charge in [-0.05, 0) is 23.3 Å². The number of carbonyl (C=O) groups is 1. The van der Waals surface area contributed by atoms with Crippen LogP contribution in [0.4, 0.5) is 8.78 Å². The molecule has 2 aromatic rings. The number of hydrogen-bond donors (Lipinski definition) is 1. The van der Waals surface area contributed by atoms with Crippen LogP contribution in [0.15, 0.2) is 42.5 Å². The molecule has 2 nitrogen and oxygen atoms in total. The second kappa shape index (κ2) is 5.61. The van der Waals surface area contributed by atoms with Gasteiger partial charge in [0.1, 0.15) is 11.6 Å². The van der Waals surface area contributed by atoms with Crippen LogP contribution in [0.3, 0.4) is 0 Å². The standard InChI is InChI=1S/C15H12F2O2/c16-13-6-3-7-14(17)12(13)8-10-4-1-2-5-11(10)9-15(18)19/h1-7H,8-9H2,(H,18,19). The number of aliphatic carboxylic acids is 1. The number of carboxylic acid groups (broad SMARTS) is 1. The highest BCUT2D eigenvalue weighted by Gasteiger charge is 2.12. The van der Waals surface area contributed by atoms with Crippen molar-refractivity contribution in [2.24, 2.45) is 0 Å². The fourth-order valence-electron chi connectivity index (χ4n) is 1.96. The molecule has 0 radical (unpaired) electrons. The zero-order valence-electron chi connectivity index (χ0n) is 10.1. The summed E-state index contributed by atoms with van der Waals surface area (Å²) in [5.41, 5.74) is 1.15. The average molecular weight is 262 g/mol. The molecule has 0 aliphatic carbocycles. The molecular formula is C15H12F2O2. The molecule has 98 valence electrons. The van der Waals surface area contributed by atoms with Crippen molar-refractivity contribution in [3.63, 3.8) is 0 Å². The molecule has 0 spiro atoms. The van der Waals surface area contributed by atoms with E-state index < -0.39 is 17.6 Å². The Balaban J connectivity index is 2.36. The SMILES string of the molecule is O=C(O)Cc1ccccc1Cc1c(F)cccc1F. The Kier molecular flexibility index (Phi) is 3.90. The van der Waals surface area contributed by atoms with Gasteiger partial charge in [-0.3, -0.25) is 4.79 Å². The second-order valence-electron chi connectivity index (χ2n) is 4.22. The molecule has 0 saturated heterocycles. The summed E-state index contributed by atoms with van der Waals surface area (Å²) in [6.45, 7) is 0. The van der Waals surface area contributed by atoms with Crippen LogP contribution in [0.5, 0.6) is 0 Å². The molecule has 0 atom stereocenters. The molecule has 0 unspecified atom stereocenters. The van der Waals surface area contributed by atoms with E-state index in [-0.39, 0.29) is 18.4 Å².